The highest BCUT2D eigenvalue weighted by atomic mass is 16.5. The van der Waals surface area contributed by atoms with Crippen molar-refractivity contribution in [3.63, 3.8) is 0 Å². The molecular formula is C9H16N2O4. The summed E-state index contributed by atoms with van der Waals surface area (Å²) in [5.74, 6) is -0.916. The van der Waals surface area contributed by atoms with Crippen molar-refractivity contribution in [1.82, 2.24) is 10.2 Å². The molecule has 0 aliphatic carbocycles. The summed E-state index contributed by atoms with van der Waals surface area (Å²) in [5, 5.41) is 10.9. The van der Waals surface area contributed by atoms with Crippen LogP contribution in [0.5, 0.6) is 0 Å². The Balaban J connectivity index is 2.18. The molecule has 0 aromatic rings. The van der Waals surface area contributed by atoms with E-state index in [1.54, 1.807) is 12.0 Å². The minimum Gasteiger partial charge on any atom is -0.481 e. The van der Waals surface area contributed by atoms with Gasteiger partial charge in [0.25, 0.3) is 0 Å². The number of aliphatic carboxylic acids is 1. The number of carboxylic acid groups (broad SMARTS) is 1. The maximum Gasteiger partial charge on any atom is 0.317 e. The second kappa shape index (κ2) is 4.48. The number of hydrogen-bond acceptors (Lipinski definition) is 3. The SMILES string of the molecule is COC1(C)CN(C(=O)NCCC(=O)O)C1. The van der Waals surface area contributed by atoms with Crippen LogP contribution in [0.25, 0.3) is 0 Å². The van der Waals surface area contributed by atoms with E-state index < -0.39 is 5.97 Å². The van der Waals surface area contributed by atoms with Crippen LogP contribution in [0, 0.1) is 0 Å². The monoisotopic (exact) mass is 216 g/mol. The highest BCUT2D eigenvalue weighted by Gasteiger charge is 2.41. The highest BCUT2D eigenvalue weighted by molar-refractivity contribution is 5.76. The lowest BCUT2D eigenvalue weighted by atomic mass is 9.97. The van der Waals surface area contributed by atoms with Crippen molar-refractivity contribution >= 4 is 12.0 Å². The second-order valence-electron chi connectivity index (χ2n) is 3.89. The van der Waals surface area contributed by atoms with E-state index in [0.717, 1.165) is 0 Å². The normalized spacial score (nSPS) is 18.1. The van der Waals surface area contributed by atoms with Gasteiger partial charge in [0.2, 0.25) is 0 Å². The van der Waals surface area contributed by atoms with Crippen LogP contribution < -0.4 is 5.32 Å². The Morgan fingerprint density at radius 1 is 1.53 bits per heavy atom. The molecular weight excluding hydrogens is 200 g/mol. The lowest BCUT2D eigenvalue weighted by Gasteiger charge is -2.46. The van der Waals surface area contributed by atoms with Gasteiger partial charge in [-0.15, -0.1) is 0 Å². The molecule has 6 heteroatoms. The van der Waals surface area contributed by atoms with Crippen molar-refractivity contribution in [2.45, 2.75) is 18.9 Å². The summed E-state index contributed by atoms with van der Waals surface area (Å²) in [5.41, 5.74) is -0.246. The summed E-state index contributed by atoms with van der Waals surface area (Å²) in [6.07, 6.45) is -0.0544. The number of methoxy groups -OCH3 is 1. The maximum atomic E-state index is 11.4. The van der Waals surface area contributed by atoms with Crippen LogP contribution in [0.1, 0.15) is 13.3 Å². The number of rotatable bonds is 4. The predicted molar refractivity (Wildman–Crippen MR) is 52.6 cm³/mol. The molecule has 15 heavy (non-hydrogen) atoms. The number of hydrogen-bond donors (Lipinski definition) is 2. The molecule has 0 aromatic carbocycles. The van der Waals surface area contributed by atoms with Crippen LogP contribution in [0.2, 0.25) is 0 Å². The number of carbonyl (C=O) groups excluding carboxylic acids is 1. The van der Waals surface area contributed by atoms with Crippen molar-refractivity contribution in [1.29, 1.82) is 0 Å². The third-order valence-corrected chi connectivity index (χ3v) is 2.45. The molecule has 1 fully saturated rings. The molecule has 86 valence electrons. The van der Waals surface area contributed by atoms with Gasteiger partial charge >= 0.3 is 12.0 Å². The lowest BCUT2D eigenvalue weighted by Crippen LogP contribution is -2.64. The minimum absolute atomic E-state index is 0.0544. The Bertz CT molecular complexity index is 261. The zero-order chi connectivity index (χ0) is 11.5. The molecule has 1 aliphatic heterocycles. The number of urea groups is 1. The minimum atomic E-state index is -0.916. The van der Waals surface area contributed by atoms with E-state index in [9.17, 15) is 9.59 Å². The number of nitrogens with one attached hydrogen (secondary N) is 1. The van der Waals surface area contributed by atoms with Gasteiger partial charge in [-0.3, -0.25) is 4.79 Å². The first-order chi connectivity index (χ1) is 6.97. The molecule has 1 saturated heterocycles. The number of nitrogens with zero attached hydrogens (tertiary/aromatic N) is 1. The molecule has 0 bridgehead atoms. The zero-order valence-electron chi connectivity index (χ0n) is 8.95. The fourth-order valence-corrected chi connectivity index (χ4v) is 1.42. The third-order valence-electron chi connectivity index (χ3n) is 2.45. The average Bonchev–Trinajstić information content (AvgIpc) is 2.12. The van der Waals surface area contributed by atoms with Crippen molar-refractivity contribution in [3.05, 3.63) is 0 Å². The molecule has 1 heterocycles. The van der Waals surface area contributed by atoms with Crippen LogP contribution in [-0.2, 0) is 9.53 Å². The molecule has 1 rings (SSSR count). The number of carbonyl (C=O) groups is 2. The maximum absolute atomic E-state index is 11.4. The fraction of sp³-hybridized carbons (Fsp3) is 0.778. The molecule has 0 unspecified atom stereocenters. The molecule has 0 saturated carbocycles. The van der Waals surface area contributed by atoms with E-state index in [-0.39, 0.29) is 24.6 Å². The first kappa shape index (κ1) is 11.8. The van der Waals surface area contributed by atoms with Gasteiger partial charge in [0.1, 0.15) is 5.60 Å². The van der Waals surface area contributed by atoms with Crippen LogP contribution in [0.15, 0.2) is 0 Å². The summed E-state index contributed by atoms with van der Waals surface area (Å²) in [6.45, 7) is 3.17. The molecule has 0 aromatic heterocycles. The van der Waals surface area contributed by atoms with Gasteiger partial charge < -0.3 is 20.1 Å². The van der Waals surface area contributed by atoms with E-state index in [1.807, 2.05) is 6.92 Å². The van der Waals surface area contributed by atoms with Gasteiger partial charge in [-0.2, -0.15) is 0 Å². The quantitative estimate of drug-likeness (QED) is 0.687. The van der Waals surface area contributed by atoms with Crippen molar-refractivity contribution in [2.75, 3.05) is 26.7 Å². The smallest absolute Gasteiger partial charge is 0.317 e. The topological polar surface area (TPSA) is 78.9 Å². The van der Waals surface area contributed by atoms with Crippen molar-refractivity contribution in [2.24, 2.45) is 0 Å². The molecule has 2 amide bonds. The highest BCUT2D eigenvalue weighted by Crippen LogP contribution is 2.23. The molecule has 2 N–H and O–H groups in total. The van der Waals surface area contributed by atoms with Crippen LogP contribution in [0.3, 0.4) is 0 Å². The van der Waals surface area contributed by atoms with Gasteiger partial charge in [0.15, 0.2) is 0 Å². The number of amides is 2. The first-order valence-electron chi connectivity index (χ1n) is 4.76. The molecule has 1 aliphatic rings. The molecule has 0 spiro atoms. The van der Waals surface area contributed by atoms with Gasteiger partial charge in [-0.1, -0.05) is 0 Å². The summed E-state index contributed by atoms with van der Waals surface area (Å²) >= 11 is 0. The Morgan fingerprint density at radius 2 is 2.13 bits per heavy atom. The van der Waals surface area contributed by atoms with E-state index in [4.69, 9.17) is 9.84 Å². The summed E-state index contributed by atoms with van der Waals surface area (Å²) in [6, 6.07) is -0.231. The third kappa shape index (κ3) is 3.09. The standard InChI is InChI=1S/C9H16N2O4/c1-9(15-2)5-11(6-9)8(14)10-4-3-7(12)13/h3-6H2,1-2H3,(H,10,14)(H,12,13). The summed E-state index contributed by atoms with van der Waals surface area (Å²) in [7, 11) is 1.61. The van der Waals surface area contributed by atoms with Crippen LogP contribution in [-0.4, -0.2) is 54.4 Å². The van der Waals surface area contributed by atoms with E-state index in [1.165, 1.54) is 0 Å². The van der Waals surface area contributed by atoms with E-state index in [0.29, 0.717) is 13.1 Å². The Hall–Kier alpha value is -1.30. The zero-order valence-corrected chi connectivity index (χ0v) is 8.95. The average molecular weight is 216 g/mol. The largest absolute Gasteiger partial charge is 0.481 e. The number of ether oxygens (including phenoxy) is 1. The van der Waals surface area contributed by atoms with Gasteiger partial charge in [0, 0.05) is 13.7 Å². The molecule has 0 atom stereocenters. The molecule has 0 radical (unpaired) electrons. The lowest BCUT2D eigenvalue weighted by molar-refractivity contribution is -0.136. The first-order valence-corrected chi connectivity index (χ1v) is 4.76. The Morgan fingerprint density at radius 3 is 2.60 bits per heavy atom. The van der Waals surface area contributed by atoms with E-state index >= 15 is 0 Å². The Labute approximate surface area is 88.2 Å². The van der Waals surface area contributed by atoms with Crippen LogP contribution in [0.4, 0.5) is 4.79 Å². The predicted octanol–water partition coefficient (Wildman–Crippen LogP) is -0.109. The Kier molecular flexibility index (Phi) is 3.52. The van der Waals surface area contributed by atoms with Crippen LogP contribution >= 0.6 is 0 Å². The van der Waals surface area contributed by atoms with Gasteiger partial charge in [0.05, 0.1) is 19.5 Å². The summed E-state index contributed by atoms with van der Waals surface area (Å²) in [4.78, 5) is 23.2. The van der Waals surface area contributed by atoms with Gasteiger partial charge in [-0.25, -0.2) is 4.79 Å². The second-order valence-corrected chi connectivity index (χ2v) is 3.89. The fourth-order valence-electron chi connectivity index (χ4n) is 1.42. The number of carboxylic acids is 1. The number of likely N-dealkylation sites (tertiary alicyclic amines) is 1. The molecule has 6 nitrogen and oxygen atoms in total. The van der Waals surface area contributed by atoms with Gasteiger partial charge in [-0.05, 0) is 6.92 Å². The summed E-state index contributed by atoms with van der Waals surface area (Å²) < 4.78 is 5.18. The van der Waals surface area contributed by atoms with Crippen molar-refractivity contribution < 1.29 is 19.4 Å². The van der Waals surface area contributed by atoms with Crippen molar-refractivity contribution in [3.8, 4) is 0 Å². The van der Waals surface area contributed by atoms with E-state index in [2.05, 4.69) is 5.32 Å².